The maximum atomic E-state index is 13.3. The first-order valence-corrected chi connectivity index (χ1v) is 12.4. The number of rotatable bonds is 7. The van der Waals surface area contributed by atoms with Gasteiger partial charge in [0.05, 0.1) is 16.3 Å². The van der Waals surface area contributed by atoms with Crippen LogP contribution in [0.25, 0.3) is 0 Å². The van der Waals surface area contributed by atoms with Crippen molar-refractivity contribution in [2.75, 3.05) is 6.54 Å². The largest absolute Gasteiger partial charge is 0.459 e. The van der Waals surface area contributed by atoms with Crippen molar-refractivity contribution in [2.45, 2.75) is 63.4 Å². The SMILES string of the molecule is CC(C)(C)OC(=O)CNC1CC2CCC1C2OC(=O)C(O)(c1cccs1)c1cccs1. The zero-order valence-corrected chi connectivity index (χ0v) is 19.6. The highest BCUT2D eigenvalue weighted by Gasteiger charge is 2.53. The van der Waals surface area contributed by atoms with Crippen LogP contribution < -0.4 is 5.32 Å². The maximum absolute atomic E-state index is 13.3. The summed E-state index contributed by atoms with van der Waals surface area (Å²) in [4.78, 5) is 26.5. The van der Waals surface area contributed by atoms with Crippen LogP contribution in [0.15, 0.2) is 35.0 Å². The first-order valence-electron chi connectivity index (χ1n) is 10.6. The van der Waals surface area contributed by atoms with Gasteiger partial charge in [-0.2, -0.15) is 0 Å². The van der Waals surface area contributed by atoms with E-state index in [1.54, 1.807) is 12.1 Å². The summed E-state index contributed by atoms with van der Waals surface area (Å²) in [6, 6.07) is 7.27. The predicted molar refractivity (Wildman–Crippen MR) is 120 cm³/mol. The Bertz CT molecular complexity index is 869. The molecule has 2 bridgehead atoms. The Balaban J connectivity index is 1.43. The van der Waals surface area contributed by atoms with Gasteiger partial charge >= 0.3 is 11.9 Å². The van der Waals surface area contributed by atoms with E-state index in [-0.39, 0.29) is 36.5 Å². The van der Waals surface area contributed by atoms with Crippen molar-refractivity contribution in [1.82, 2.24) is 5.32 Å². The number of carbonyl (C=O) groups excluding carboxylic acids is 2. The van der Waals surface area contributed by atoms with Crippen molar-refractivity contribution in [3.8, 4) is 0 Å². The zero-order valence-electron chi connectivity index (χ0n) is 18.0. The van der Waals surface area contributed by atoms with Gasteiger partial charge in [0.15, 0.2) is 0 Å². The lowest BCUT2D eigenvalue weighted by Crippen LogP contribution is -2.43. The molecule has 4 unspecified atom stereocenters. The molecule has 2 N–H and O–H groups in total. The molecule has 168 valence electrons. The summed E-state index contributed by atoms with van der Waals surface area (Å²) in [7, 11) is 0. The third-order valence-corrected chi connectivity index (χ3v) is 8.01. The van der Waals surface area contributed by atoms with Crippen LogP contribution in [0.2, 0.25) is 0 Å². The smallest absolute Gasteiger partial charge is 0.349 e. The highest BCUT2D eigenvalue weighted by molar-refractivity contribution is 7.12. The molecule has 2 aromatic rings. The molecule has 2 fully saturated rings. The number of fused-ring (bicyclic) bond motifs is 2. The monoisotopic (exact) mass is 463 g/mol. The fourth-order valence-corrected chi connectivity index (χ4v) is 6.49. The Hall–Kier alpha value is -1.74. The van der Waals surface area contributed by atoms with Crippen LogP contribution in [0, 0.1) is 11.8 Å². The van der Waals surface area contributed by atoms with Gasteiger partial charge in [-0.15, -0.1) is 22.7 Å². The number of carbonyl (C=O) groups is 2. The van der Waals surface area contributed by atoms with E-state index in [1.807, 2.05) is 43.7 Å². The first kappa shape index (κ1) is 22.5. The average molecular weight is 464 g/mol. The lowest BCUT2D eigenvalue weighted by Gasteiger charge is -2.28. The summed E-state index contributed by atoms with van der Waals surface area (Å²) in [6.45, 7) is 5.68. The van der Waals surface area contributed by atoms with Crippen molar-refractivity contribution in [2.24, 2.45) is 11.8 Å². The molecular formula is C23H29NO5S2. The third kappa shape index (κ3) is 4.58. The lowest BCUT2D eigenvalue weighted by molar-refractivity contribution is -0.170. The average Bonchev–Trinajstić information content (AvgIpc) is 3.49. The third-order valence-electron chi connectivity index (χ3n) is 6.05. The number of nitrogens with one attached hydrogen (secondary N) is 1. The highest BCUT2D eigenvalue weighted by atomic mass is 32.1. The Morgan fingerprint density at radius 2 is 1.77 bits per heavy atom. The first-order chi connectivity index (χ1) is 14.7. The highest BCUT2D eigenvalue weighted by Crippen LogP contribution is 2.48. The quantitative estimate of drug-likeness (QED) is 0.610. The Kier molecular flexibility index (Phi) is 6.27. The normalized spacial score (nSPS) is 25.5. The Labute approximate surface area is 190 Å². The van der Waals surface area contributed by atoms with Crippen molar-refractivity contribution in [3.05, 3.63) is 44.8 Å². The van der Waals surface area contributed by atoms with Crippen LogP contribution in [0.1, 0.15) is 49.8 Å². The number of hydrogen-bond donors (Lipinski definition) is 2. The fraction of sp³-hybridized carbons (Fsp3) is 0.565. The van der Waals surface area contributed by atoms with Crippen molar-refractivity contribution in [1.29, 1.82) is 0 Å². The topological polar surface area (TPSA) is 84.9 Å². The summed E-state index contributed by atoms with van der Waals surface area (Å²) < 4.78 is 11.4. The molecule has 6 nitrogen and oxygen atoms in total. The van der Waals surface area contributed by atoms with Crippen LogP contribution in [-0.2, 0) is 24.7 Å². The molecule has 2 aliphatic carbocycles. The van der Waals surface area contributed by atoms with E-state index in [0.717, 1.165) is 19.3 Å². The van der Waals surface area contributed by atoms with Crippen LogP contribution in [-0.4, -0.2) is 41.3 Å². The molecule has 2 saturated carbocycles. The number of esters is 2. The van der Waals surface area contributed by atoms with Gasteiger partial charge in [-0.3, -0.25) is 4.79 Å². The molecule has 2 aromatic heterocycles. The van der Waals surface area contributed by atoms with E-state index < -0.39 is 17.2 Å². The van der Waals surface area contributed by atoms with Crippen LogP contribution in [0.5, 0.6) is 0 Å². The Morgan fingerprint density at radius 3 is 2.32 bits per heavy atom. The second kappa shape index (κ2) is 8.65. The van der Waals surface area contributed by atoms with Crippen molar-refractivity contribution < 1.29 is 24.2 Å². The summed E-state index contributed by atoms with van der Waals surface area (Å²) in [5.74, 6) is -0.533. The number of ether oxygens (including phenoxy) is 2. The van der Waals surface area contributed by atoms with Crippen molar-refractivity contribution in [3.63, 3.8) is 0 Å². The Morgan fingerprint density at radius 1 is 1.13 bits per heavy atom. The molecule has 0 aromatic carbocycles. The minimum atomic E-state index is -1.79. The van der Waals surface area contributed by atoms with E-state index in [1.165, 1.54) is 22.7 Å². The maximum Gasteiger partial charge on any atom is 0.349 e. The van der Waals surface area contributed by atoms with E-state index in [4.69, 9.17) is 9.47 Å². The van der Waals surface area contributed by atoms with Crippen LogP contribution in [0.3, 0.4) is 0 Å². The van der Waals surface area contributed by atoms with Gasteiger partial charge < -0.3 is 19.9 Å². The molecular weight excluding hydrogens is 434 g/mol. The molecule has 4 rings (SSSR count). The zero-order chi connectivity index (χ0) is 22.2. The molecule has 31 heavy (non-hydrogen) atoms. The number of aliphatic hydroxyl groups is 1. The van der Waals surface area contributed by atoms with Gasteiger partial charge in [-0.1, -0.05) is 12.1 Å². The van der Waals surface area contributed by atoms with E-state index >= 15 is 0 Å². The van der Waals surface area contributed by atoms with E-state index in [2.05, 4.69) is 5.32 Å². The summed E-state index contributed by atoms with van der Waals surface area (Å²) in [6.07, 6.45) is 2.52. The van der Waals surface area contributed by atoms with Gasteiger partial charge in [-0.05, 0) is 68.8 Å². The van der Waals surface area contributed by atoms with Crippen LogP contribution >= 0.6 is 22.7 Å². The number of thiophene rings is 2. The molecule has 2 aliphatic rings. The fourth-order valence-electron chi connectivity index (χ4n) is 4.78. The van der Waals surface area contributed by atoms with Gasteiger partial charge in [0.1, 0.15) is 11.7 Å². The number of hydrogen-bond acceptors (Lipinski definition) is 8. The summed E-state index contributed by atoms with van der Waals surface area (Å²) >= 11 is 2.68. The molecule has 8 heteroatoms. The summed E-state index contributed by atoms with van der Waals surface area (Å²) in [5.41, 5.74) is -2.30. The van der Waals surface area contributed by atoms with Gasteiger partial charge in [0, 0.05) is 12.0 Å². The van der Waals surface area contributed by atoms with Gasteiger partial charge in [0.25, 0.3) is 0 Å². The second-order valence-corrected chi connectivity index (χ2v) is 11.2. The molecule has 0 amide bonds. The molecule has 0 radical (unpaired) electrons. The molecule has 0 spiro atoms. The minimum Gasteiger partial charge on any atom is -0.459 e. The molecule has 0 saturated heterocycles. The van der Waals surface area contributed by atoms with Crippen molar-refractivity contribution >= 4 is 34.6 Å². The second-order valence-electron chi connectivity index (χ2n) is 9.35. The summed E-state index contributed by atoms with van der Waals surface area (Å²) in [5, 5.41) is 18.5. The van der Waals surface area contributed by atoms with E-state index in [0.29, 0.717) is 9.75 Å². The van der Waals surface area contributed by atoms with E-state index in [9.17, 15) is 14.7 Å². The van der Waals surface area contributed by atoms with Gasteiger partial charge in [-0.25, -0.2) is 4.79 Å². The predicted octanol–water partition coefficient (Wildman–Crippen LogP) is 3.69. The molecule has 4 atom stereocenters. The van der Waals surface area contributed by atoms with Crippen LogP contribution in [0.4, 0.5) is 0 Å². The molecule has 2 heterocycles. The molecule has 0 aliphatic heterocycles. The lowest BCUT2D eigenvalue weighted by atomic mass is 9.95. The standard InChI is InChI=1S/C23H29NO5S2/c1-22(2,3)29-19(25)13-24-16-12-14-8-9-15(16)20(14)28-21(26)23(27,17-6-4-10-30-17)18-7-5-11-31-18/h4-7,10-11,14-16,20,24,27H,8-9,12-13H2,1-3H3. The minimum absolute atomic E-state index is 0.0978. The van der Waals surface area contributed by atoms with Gasteiger partial charge in [0.2, 0.25) is 5.60 Å².